The van der Waals surface area contributed by atoms with E-state index in [-0.39, 0.29) is 6.79 Å². The molecule has 2 aromatic carbocycles. The van der Waals surface area contributed by atoms with Gasteiger partial charge in [0.05, 0.1) is 13.2 Å². The van der Waals surface area contributed by atoms with Crippen LogP contribution < -0.4 is 24.3 Å². The molecule has 0 unspecified atom stereocenters. The minimum Gasteiger partial charge on any atom is -0.490 e. The number of ether oxygens (including phenoxy) is 4. The predicted octanol–water partition coefficient (Wildman–Crippen LogP) is 4.21. The Morgan fingerprint density at radius 3 is 2.67 bits per heavy atom. The lowest BCUT2D eigenvalue weighted by molar-refractivity contribution is 0.174. The van der Waals surface area contributed by atoms with Gasteiger partial charge in [-0.25, -0.2) is 0 Å². The van der Waals surface area contributed by atoms with Crippen molar-refractivity contribution in [2.45, 2.75) is 26.8 Å². The Morgan fingerprint density at radius 1 is 0.958 bits per heavy atom. The molecule has 3 rings (SSSR count). The molecule has 1 N–H and O–H groups in total. The maximum absolute atomic E-state index is 5.73. The number of benzene rings is 2. The summed E-state index contributed by atoms with van der Waals surface area (Å²) in [4.78, 5) is 0. The summed E-state index contributed by atoms with van der Waals surface area (Å²) in [5.41, 5.74) is 2.11. The molecule has 24 heavy (non-hydrogen) atoms. The Morgan fingerprint density at radius 2 is 1.83 bits per heavy atom. The number of rotatable bonds is 8. The van der Waals surface area contributed by atoms with Gasteiger partial charge in [-0.15, -0.1) is 0 Å². The molecule has 128 valence electrons. The van der Waals surface area contributed by atoms with Gasteiger partial charge in [0.15, 0.2) is 23.0 Å². The van der Waals surface area contributed by atoms with Gasteiger partial charge in [0.25, 0.3) is 0 Å². The second kappa shape index (κ2) is 7.81. The predicted molar refractivity (Wildman–Crippen MR) is 93.3 cm³/mol. The van der Waals surface area contributed by atoms with E-state index in [1.165, 1.54) is 0 Å². The fourth-order valence-electron chi connectivity index (χ4n) is 2.47. The third-order valence-electron chi connectivity index (χ3n) is 3.64. The summed E-state index contributed by atoms with van der Waals surface area (Å²) in [7, 11) is 0. The maximum Gasteiger partial charge on any atom is 0.231 e. The zero-order chi connectivity index (χ0) is 16.8. The van der Waals surface area contributed by atoms with Crippen molar-refractivity contribution in [3.8, 4) is 23.0 Å². The normalized spacial score (nSPS) is 12.1. The van der Waals surface area contributed by atoms with Crippen LogP contribution in [-0.2, 0) is 6.54 Å². The molecule has 0 fully saturated rings. The van der Waals surface area contributed by atoms with E-state index in [4.69, 9.17) is 18.9 Å². The van der Waals surface area contributed by atoms with Crippen LogP contribution in [0.25, 0.3) is 0 Å². The first-order valence-corrected chi connectivity index (χ1v) is 8.32. The third kappa shape index (κ3) is 3.85. The minimum absolute atomic E-state index is 0.287. The summed E-state index contributed by atoms with van der Waals surface area (Å²) in [6, 6.07) is 11.9. The zero-order valence-corrected chi connectivity index (χ0v) is 14.1. The molecule has 0 aromatic heterocycles. The van der Waals surface area contributed by atoms with Crippen molar-refractivity contribution in [2.75, 3.05) is 25.3 Å². The Bertz CT molecular complexity index is 687. The summed E-state index contributed by atoms with van der Waals surface area (Å²) in [5, 5.41) is 3.39. The summed E-state index contributed by atoms with van der Waals surface area (Å²) in [6.45, 7) is 6.34. The van der Waals surface area contributed by atoms with Crippen LogP contribution in [0.4, 0.5) is 5.69 Å². The van der Waals surface area contributed by atoms with Gasteiger partial charge in [0.1, 0.15) is 0 Å². The smallest absolute Gasteiger partial charge is 0.231 e. The first kappa shape index (κ1) is 16.3. The third-order valence-corrected chi connectivity index (χ3v) is 3.64. The largest absolute Gasteiger partial charge is 0.490 e. The first-order valence-electron chi connectivity index (χ1n) is 8.32. The average molecular weight is 329 g/mol. The molecule has 1 aliphatic rings. The number of nitrogens with one attached hydrogen (secondary N) is 1. The van der Waals surface area contributed by atoms with Crippen molar-refractivity contribution < 1.29 is 18.9 Å². The minimum atomic E-state index is 0.287. The average Bonchev–Trinajstić information content (AvgIpc) is 3.07. The molecule has 0 aliphatic carbocycles. The number of fused-ring (bicyclic) bond motifs is 1. The van der Waals surface area contributed by atoms with Crippen LogP contribution in [0, 0.1) is 0 Å². The summed E-state index contributed by atoms with van der Waals surface area (Å²) in [6.07, 6.45) is 0.971. The lowest BCUT2D eigenvalue weighted by Gasteiger charge is -2.14. The van der Waals surface area contributed by atoms with Crippen LogP contribution in [-0.4, -0.2) is 20.0 Å². The highest BCUT2D eigenvalue weighted by Crippen LogP contribution is 2.34. The SMILES string of the molecule is CCCOc1ccc(CNc2ccc3c(c2)OCO3)cc1OCC. The quantitative estimate of drug-likeness (QED) is 0.786. The number of hydrogen-bond donors (Lipinski definition) is 1. The molecule has 0 bridgehead atoms. The maximum atomic E-state index is 5.73. The molecule has 1 heterocycles. The highest BCUT2D eigenvalue weighted by atomic mass is 16.7. The molecular formula is C19H23NO4. The standard InChI is InChI=1S/C19H23NO4/c1-3-9-22-16-7-5-14(10-18(16)21-4-2)12-20-15-6-8-17-19(11-15)24-13-23-17/h5-8,10-11,20H,3-4,9,12-13H2,1-2H3. The molecule has 2 aromatic rings. The van der Waals surface area contributed by atoms with Crippen molar-refractivity contribution >= 4 is 5.69 Å². The van der Waals surface area contributed by atoms with Gasteiger partial charge >= 0.3 is 0 Å². The molecule has 0 saturated carbocycles. The first-order chi connectivity index (χ1) is 11.8. The van der Waals surface area contributed by atoms with Gasteiger partial charge in [0, 0.05) is 18.3 Å². The van der Waals surface area contributed by atoms with Gasteiger partial charge < -0.3 is 24.3 Å². The molecule has 5 heteroatoms. The molecule has 5 nitrogen and oxygen atoms in total. The number of anilines is 1. The summed E-state index contributed by atoms with van der Waals surface area (Å²) >= 11 is 0. The topological polar surface area (TPSA) is 49.0 Å². The van der Waals surface area contributed by atoms with Crippen molar-refractivity contribution in [1.82, 2.24) is 0 Å². The van der Waals surface area contributed by atoms with Crippen LogP contribution in [0.5, 0.6) is 23.0 Å². The van der Waals surface area contributed by atoms with E-state index < -0.39 is 0 Å². The second-order valence-corrected chi connectivity index (χ2v) is 5.48. The van der Waals surface area contributed by atoms with Gasteiger partial charge in [-0.2, -0.15) is 0 Å². The van der Waals surface area contributed by atoms with Crippen molar-refractivity contribution in [3.63, 3.8) is 0 Å². The van der Waals surface area contributed by atoms with Crippen LogP contribution >= 0.6 is 0 Å². The Labute approximate surface area is 142 Å². The van der Waals surface area contributed by atoms with Crippen LogP contribution in [0.1, 0.15) is 25.8 Å². The molecule has 0 saturated heterocycles. The lowest BCUT2D eigenvalue weighted by atomic mass is 10.2. The van der Waals surface area contributed by atoms with E-state index in [9.17, 15) is 0 Å². The van der Waals surface area contributed by atoms with E-state index in [0.717, 1.165) is 40.7 Å². The van der Waals surface area contributed by atoms with E-state index in [1.807, 2.05) is 43.3 Å². The summed E-state index contributed by atoms with van der Waals surface area (Å²) < 4.78 is 22.1. The molecule has 0 spiro atoms. The Balaban J connectivity index is 1.67. The van der Waals surface area contributed by atoms with Gasteiger partial charge in [-0.05, 0) is 43.2 Å². The van der Waals surface area contributed by atoms with Crippen molar-refractivity contribution in [2.24, 2.45) is 0 Å². The molecule has 1 aliphatic heterocycles. The monoisotopic (exact) mass is 329 g/mol. The van der Waals surface area contributed by atoms with Crippen molar-refractivity contribution in [1.29, 1.82) is 0 Å². The Kier molecular flexibility index (Phi) is 5.31. The van der Waals surface area contributed by atoms with Crippen LogP contribution in [0.3, 0.4) is 0 Å². The van der Waals surface area contributed by atoms with Crippen LogP contribution in [0.15, 0.2) is 36.4 Å². The highest BCUT2D eigenvalue weighted by Gasteiger charge is 2.13. The Hall–Kier alpha value is -2.56. The van der Waals surface area contributed by atoms with E-state index in [2.05, 4.69) is 12.2 Å². The fraction of sp³-hybridized carbons (Fsp3) is 0.368. The van der Waals surface area contributed by atoms with E-state index in [0.29, 0.717) is 19.8 Å². The lowest BCUT2D eigenvalue weighted by Crippen LogP contribution is -2.03. The van der Waals surface area contributed by atoms with E-state index >= 15 is 0 Å². The van der Waals surface area contributed by atoms with Gasteiger partial charge in [-0.3, -0.25) is 0 Å². The number of hydrogen-bond acceptors (Lipinski definition) is 5. The van der Waals surface area contributed by atoms with Crippen molar-refractivity contribution in [3.05, 3.63) is 42.0 Å². The van der Waals surface area contributed by atoms with Crippen LogP contribution in [0.2, 0.25) is 0 Å². The highest BCUT2D eigenvalue weighted by molar-refractivity contribution is 5.56. The fourth-order valence-corrected chi connectivity index (χ4v) is 2.47. The molecular weight excluding hydrogens is 306 g/mol. The molecule has 0 radical (unpaired) electrons. The van der Waals surface area contributed by atoms with E-state index in [1.54, 1.807) is 0 Å². The second-order valence-electron chi connectivity index (χ2n) is 5.48. The van der Waals surface area contributed by atoms with Gasteiger partial charge in [-0.1, -0.05) is 13.0 Å². The zero-order valence-electron chi connectivity index (χ0n) is 14.1. The van der Waals surface area contributed by atoms with Gasteiger partial charge in [0.2, 0.25) is 6.79 Å². The molecule has 0 amide bonds. The summed E-state index contributed by atoms with van der Waals surface area (Å²) in [5.74, 6) is 3.15. The molecule has 0 atom stereocenters.